The van der Waals surface area contributed by atoms with Crippen molar-refractivity contribution in [2.24, 2.45) is 0 Å². The molecule has 0 aliphatic heterocycles. The number of benzene rings is 1. The Balaban J connectivity index is 2.27. The molecule has 19 heavy (non-hydrogen) atoms. The van der Waals surface area contributed by atoms with Gasteiger partial charge in [0.2, 0.25) is 5.95 Å². The van der Waals surface area contributed by atoms with Crippen molar-refractivity contribution >= 4 is 43.5 Å². The number of aromatic nitrogens is 2. The highest BCUT2D eigenvalue weighted by Gasteiger charge is 2.10. The standard InChI is InChI=1S/C13H15Br2N3O/c1-9-8-18(6-7-19-2)13(16-9)17-12-10(14)4-3-5-11(12)15/h3-5,8H,6-7H2,1-2H3,(H,16,17). The molecule has 0 saturated heterocycles. The van der Waals surface area contributed by atoms with Crippen LogP contribution < -0.4 is 5.32 Å². The van der Waals surface area contributed by atoms with Crippen molar-refractivity contribution < 1.29 is 4.74 Å². The van der Waals surface area contributed by atoms with Gasteiger partial charge >= 0.3 is 0 Å². The normalized spacial score (nSPS) is 10.7. The zero-order chi connectivity index (χ0) is 13.8. The lowest BCUT2D eigenvalue weighted by Gasteiger charge is -2.12. The molecule has 6 heteroatoms. The summed E-state index contributed by atoms with van der Waals surface area (Å²) < 4.78 is 9.13. The minimum Gasteiger partial charge on any atom is -0.383 e. The number of hydrogen-bond donors (Lipinski definition) is 1. The molecule has 0 radical (unpaired) electrons. The summed E-state index contributed by atoms with van der Waals surface area (Å²) in [5, 5.41) is 3.34. The first-order chi connectivity index (χ1) is 9.11. The Morgan fingerprint density at radius 1 is 1.32 bits per heavy atom. The summed E-state index contributed by atoms with van der Waals surface area (Å²) in [4.78, 5) is 4.50. The van der Waals surface area contributed by atoms with Gasteiger partial charge in [-0.3, -0.25) is 0 Å². The van der Waals surface area contributed by atoms with Crippen molar-refractivity contribution in [1.82, 2.24) is 9.55 Å². The largest absolute Gasteiger partial charge is 0.383 e. The van der Waals surface area contributed by atoms with Crippen LogP contribution in [0.2, 0.25) is 0 Å². The summed E-state index contributed by atoms with van der Waals surface area (Å²) in [5.74, 6) is 0.808. The quantitative estimate of drug-likeness (QED) is 0.837. The lowest BCUT2D eigenvalue weighted by molar-refractivity contribution is 0.188. The van der Waals surface area contributed by atoms with E-state index in [0.717, 1.165) is 32.8 Å². The third-order valence-corrected chi connectivity index (χ3v) is 3.95. The SMILES string of the molecule is COCCn1cc(C)nc1Nc1c(Br)cccc1Br. The van der Waals surface area contributed by atoms with E-state index >= 15 is 0 Å². The summed E-state index contributed by atoms with van der Waals surface area (Å²) in [6.07, 6.45) is 2.01. The van der Waals surface area contributed by atoms with E-state index in [4.69, 9.17) is 4.74 Å². The van der Waals surface area contributed by atoms with Crippen molar-refractivity contribution in [3.8, 4) is 0 Å². The molecule has 0 fully saturated rings. The minimum atomic E-state index is 0.654. The zero-order valence-corrected chi connectivity index (χ0v) is 14.0. The van der Waals surface area contributed by atoms with Crippen molar-refractivity contribution in [1.29, 1.82) is 0 Å². The number of imidazole rings is 1. The van der Waals surface area contributed by atoms with Gasteiger partial charge in [-0.25, -0.2) is 4.98 Å². The Kier molecular flexibility index (Phi) is 5.01. The second-order valence-electron chi connectivity index (χ2n) is 4.11. The molecule has 2 rings (SSSR count). The average Bonchev–Trinajstić information content (AvgIpc) is 2.72. The molecule has 0 unspecified atom stereocenters. The second kappa shape index (κ2) is 6.54. The first-order valence-electron chi connectivity index (χ1n) is 5.85. The van der Waals surface area contributed by atoms with Crippen LogP contribution in [0.5, 0.6) is 0 Å². The lowest BCUT2D eigenvalue weighted by Crippen LogP contribution is -2.07. The van der Waals surface area contributed by atoms with Crippen LogP contribution in [-0.4, -0.2) is 23.3 Å². The maximum absolute atomic E-state index is 5.11. The van der Waals surface area contributed by atoms with Gasteiger partial charge in [0, 0.05) is 28.8 Å². The Morgan fingerprint density at radius 2 is 2.00 bits per heavy atom. The van der Waals surface area contributed by atoms with Gasteiger partial charge in [0.05, 0.1) is 18.0 Å². The second-order valence-corrected chi connectivity index (χ2v) is 5.82. The predicted octanol–water partition coefficient (Wildman–Crippen LogP) is 4.11. The fraction of sp³-hybridized carbons (Fsp3) is 0.308. The molecule has 2 aromatic rings. The Labute approximate surface area is 129 Å². The van der Waals surface area contributed by atoms with Gasteiger partial charge in [0.25, 0.3) is 0 Å². The van der Waals surface area contributed by atoms with Crippen LogP contribution in [0.4, 0.5) is 11.6 Å². The van der Waals surface area contributed by atoms with E-state index in [0.29, 0.717) is 6.61 Å². The Morgan fingerprint density at radius 3 is 2.63 bits per heavy atom. The zero-order valence-electron chi connectivity index (χ0n) is 10.8. The van der Waals surface area contributed by atoms with Crippen LogP contribution >= 0.6 is 31.9 Å². The molecule has 0 aliphatic carbocycles. The molecule has 0 spiro atoms. The molecule has 0 bridgehead atoms. The summed E-state index contributed by atoms with van der Waals surface area (Å²) in [5.41, 5.74) is 1.94. The molecular weight excluding hydrogens is 374 g/mol. The van der Waals surface area contributed by atoms with E-state index in [1.165, 1.54) is 0 Å². The highest BCUT2D eigenvalue weighted by atomic mass is 79.9. The van der Waals surface area contributed by atoms with Gasteiger partial charge in [-0.1, -0.05) is 6.07 Å². The fourth-order valence-electron chi connectivity index (χ4n) is 1.74. The van der Waals surface area contributed by atoms with Gasteiger partial charge in [-0.15, -0.1) is 0 Å². The van der Waals surface area contributed by atoms with Crippen molar-refractivity contribution in [3.05, 3.63) is 39.0 Å². The summed E-state index contributed by atoms with van der Waals surface area (Å²) in [7, 11) is 1.70. The van der Waals surface area contributed by atoms with Crippen LogP contribution in [0.15, 0.2) is 33.3 Å². The number of nitrogens with zero attached hydrogens (tertiary/aromatic N) is 2. The van der Waals surface area contributed by atoms with Crippen LogP contribution in [0.25, 0.3) is 0 Å². The maximum atomic E-state index is 5.11. The number of methoxy groups -OCH3 is 1. The number of para-hydroxylation sites is 1. The van der Waals surface area contributed by atoms with Gasteiger partial charge < -0.3 is 14.6 Å². The van der Waals surface area contributed by atoms with Gasteiger partial charge in [0.15, 0.2) is 0 Å². The van der Waals surface area contributed by atoms with E-state index < -0.39 is 0 Å². The molecular formula is C13H15Br2N3O. The number of hydrogen-bond acceptors (Lipinski definition) is 3. The highest BCUT2D eigenvalue weighted by molar-refractivity contribution is 9.11. The number of halogens is 2. The number of rotatable bonds is 5. The fourth-order valence-corrected chi connectivity index (χ4v) is 2.93. The first-order valence-corrected chi connectivity index (χ1v) is 7.44. The van der Waals surface area contributed by atoms with Crippen LogP contribution in [-0.2, 0) is 11.3 Å². The van der Waals surface area contributed by atoms with Crippen molar-refractivity contribution in [2.45, 2.75) is 13.5 Å². The monoisotopic (exact) mass is 387 g/mol. The third kappa shape index (κ3) is 3.58. The van der Waals surface area contributed by atoms with E-state index in [1.807, 2.05) is 35.9 Å². The molecule has 0 saturated carbocycles. The lowest BCUT2D eigenvalue weighted by atomic mass is 10.3. The van der Waals surface area contributed by atoms with E-state index in [1.54, 1.807) is 7.11 Å². The number of ether oxygens (including phenoxy) is 1. The highest BCUT2D eigenvalue weighted by Crippen LogP contribution is 2.32. The Bertz CT molecular complexity index is 549. The smallest absolute Gasteiger partial charge is 0.207 e. The maximum Gasteiger partial charge on any atom is 0.207 e. The average molecular weight is 389 g/mol. The number of aryl methyl sites for hydroxylation is 1. The predicted molar refractivity (Wildman–Crippen MR) is 84.0 cm³/mol. The van der Waals surface area contributed by atoms with Crippen LogP contribution in [0.3, 0.4) is 0 Å². The summed E-state index contributed by atoms with van der Waals surface area (Å²) >= 11 is 7.07. The van der Waals surface area contributed by atoms with E-state index in [2.05, 4.69) is 42.2 Å². The van der Waals surface area contributed by atoms with E-state index in [9.17, 15) is 0 Å². The molecule has 1 aromatic carbocycles. The first kappa shape index (κ1) is 14.6. The van der Waals surface area contributed by atoms with Crippen molar-refractivity contribution in [3.63, 3.8) is 0 Å². The minimum absolute atomic E-state index is 0.654. The summed E-state index contributed by atoms with van der Waals surface area (Å²) in [6, 6.07) is 5.95. The van der Waals surface area contributed by atoms with Gasteiger partial charge in [-0.05, 0) is 50.9 Å². The number of anilines is 2. The molecule has 1 aromatic heterocycles. The molecule has 1 heterocycles. The molecule has 0 atom stereocenters. The Hall–Kier alpha value is -0.850. The van der Waals surface area contributed by atoms with Gasteiger partial charge in [-0.2, -0.15) is 0 Å². The summed E-state index contributed by atoms with van der Waals surface area (Å²) in [6.45, 7) is 3.40. The molecule has 1 N–H and O–H groups in total. The van der Waals surface area contributed by atoms with Crippen LogP contribution in [0.1, 0.15) is 5.69 Å². The van der Waals surface area contributed by atoms with Gasteiger partial charge in [0.1, 0.15) is 0 Å². The molecule has 0 amide bonds. The molecule has 102 valence electrons. The molecule has 0 aliphatic rings. The van der Waals surface area contributed by atoms with Crippen molar-refractivity contribution in [2.75, 3.05) is 19.0 Å². The third-order valence-electron chi connectivity index (χ3n) is 2.63. The van der Waals surface area contributed by atoms with Crippen LogP contribution in [0, 0.1) is 6.92 Å². The molecule has 4 nitrogen and oxygen atoms in total. The number of nitrogens with one attached hydrogen (secondary N) is 1. The van der Waals surface area contributed by atoms with E-state index in [-0.39, 0.29) is 0 Å². The topological polar surface area (TPSA) is 39.1 Å².